The predicted octanol–water partition coefficient (Wildman–Crippen LogP) is 2.04. The summed E-state index contributed by atoms with van der Waals surface area (Å²) in [5, 5.41) is 3.39. The summed E-state index contributed by atoms with van der Waals surface area (Å²) >= 11 is 0. The second-order valence-electron chi connectivity index (χ2n) is 6.34. The van der Waals surface area contributed by atoms with E-state index in [0.29, 0.717) is 17.9 Å². The van der Waals surface area contributed by atoms with Crippen molar-refractivity contribution < 1.29 is 9.53 Å². The van der Waals surface area contributed by atoms with Gasteiger partial charge >= 0.3 is 0 Å². The fourth-order valence-corrected chi connectivity index (χ4v) is 3.57. The Morgan fingerprint density at radius 1 is 1.40 bits per heavy atom. The van der Waals surface area contributed by atoms with Crippen molar-refractivity contribution in [1.82, 2.24) is 10.2 Å². The Kier molecular flexibility index (Phi) is 6.30. The molecule has 20 heavy (non-hydrogen) atoms. The fraction of sp³-hybridized carbons (Fsp3) is 0.938. The number of hydrogen-bond donors (Lipinski definition) is 1. The molecule has 0 aromatic carbocycles. The SMILES string of the molecule is CCCC1CCC(=O)N(CC(NC)C2CCOC2)CC1. The van der Waals surface area contributed by atoms with E-state index in [1.807, 2.05) is 7.05 Å². The Morgan fingerprint density at radius 3 is 2.90 bits per heavy atom. The molecule has 0 aromatic heterocycles. The lowest BCUT2D eigenvalue weighted by molar-refractivity contribution is -0.131. The summed E-state index contributed by atoms with van der Waals surface area (Å²) in [5.41, 5.74) is 0. The Morgan fingerprint density at radius 2 is 2.25 bits per heavy atom. The van der Waals surface area contributed by atoms with Gasteiger partial charge in [-0.3, -0.25) is 4.79 Å². The van der Waals surface area contributed by atoms with Gasteiger partial charge in [-0.1, -0.05) is 19.8 Å². The summed E-state index contributed by atoms with van der Waals surface area (Å²) in [6.45, 7) is 5.74. The highest BCUT2D eigenvalue weighted by Crippen LogP contribution is 2.24. The standard InChI is InChI=1S/C16H30N2O2/c1-3-4-13-5-6-16(19)18(9-7-13)11-15(17-2)14-8-10-20-12-14/h13-15,17H,3-12H2,1-2H3. The average molecular weight is 282 g/mol. The first-order chi connectivity index (χ1) is 9.74. The van der Waals surface area contributed by atoms with E-state index >= 15 is 0 Å². The molecule has 4 nitrogen and oxygen atoms in total. The van der Waals surface area contributed by atoms with Gasteiger partial charge in [-0.05, 0) is 32.2 Å². The van der Waals surface area contributed by atoms with Gasteiger partial charge in [-0.2, -0.15) is 0 Å². The Hall–Kier alpha value is -0.610. The summed E-state index contributed by atoms with van der Waals surface area (Å²) in [4.78, 5) is 14.4. The van der Waals surface area contributed by atoms with Crippen molar-refractivity contribution in [3.05, 3.63) is 0 Å². The summed E-state index contributed by atoms with van der Waals surface area (Å²) in [6.07, 6.45) is 6.62. The van der Waals surface area contributed by atoms with Crippen molar-refractivity contribution in [1.29, 1.82) is 0 Å². The summed E-state index contributed by atoms with van der Waals surface area (Å²) < 4.78 is 5.49. The van der Waals surface area contributed by atoms with Crippen LogP contribution in [0.15, 0.2) is 0 Å². The molecule has 0 aliphatic carbocycles. The normalized spacial score (nSPS) is 29.5. The van der Waals surface area contributed by atoms with E-state index in [2.05, 4.69) is 17.1 Å². The molecule has 3 unspecified atom stereocenters. The number of amides is 1. The van der Waals surface area contributed by atoms with E-state index in [-0.39, 0.29) is 0 Å². The Bertz CT molecular complexity index is 303. The van der Waals surface area contributed by atoms with Crippen molar-refractivity contribution >= 4 is 5.91 Å². The third-order valence-electron chi connectivity index (χ3n) is 4.95. The maximum atomic E-state index is 12.3. The Balaban J connectivity index is 1.87. The van der Waals surface area contributed by atoms with Gasteiger partial charge in [-0.25, -0.2) is 0 Å². The highest BCUT2D eigenvalue weighted by Gasteiger charge is 2.29. The van der Waals surface area contributed by atoms with Crippen molar-refractivity contribution in [3.63, 3.8) is 0 Å². The van der Waals surface area contributed by atoms with Gasteiger partial charge in [0.2, 0.25) is 5.91 Å². The number of ether oxygens (including phenoxy) is 1. The minimum absolute atomic E-state index is 0.350. The first-order valence-electron chi connectivity index (χ1n) is 8.27. The second kappa shape index (κ2) is 7.99. The quantitative estimate of drug-likeness (QED) is 0.810. The zero-order valence-corrected chi connectivity index (χ0v) is 13.1. The van der Waals surface area contributed by atoms with Gasteiger partial charge < -0.3 is 15.0 Å². The van der Waals surface area contributed by atoms with Crippen LogP contribution in [-0.4, -0.2) is 50.2 Å². The molecule has 1 amide bonds. The molecule has 0 radical (unpaired) electrons. The van der Waals surface area contributed by atoms with Crippen LogP contribution < -0.4 is 5.32 Å². The summed E-state index contributed by atoms with van der Waals surface area (Å²) in [6, 6.07) is 0.379. The number of nitrogens with one attached hydrogen (secondary N) is 1. The number of rotatable bonds is 6. The number of nitrogens with zero attached hydrogens (tertiary/aromatic N) is 1. The van der Waals surface area contributed by atoms with Gasteiger partial charge in [0, 0.05) is 38.1 Å². The number of likely N-dealkylation sites (N-methyl/N-ethyl adjacent to an activating group) is 1. The lowest BCUT2D eigenvalue weighted by Gasteiger charge is -2.29. The van der Waals surface area contributed by atoms with Crippen molar-refractivity contribution in [2.24, 2.45) is 11.8 Å². The molecule has 0 aromatic rings. The molecule has 2 fully saturated rings. The number of likely N-dealkylation sites (tertiary alicyclic amines) is 1. The van der Waals surface area contributed by atoms with Gasteiger partial charge in [0.15, 0.2) is 0 Å². The van der Waals surface area contributed by atoms with Gasteiger partial charge in [0.1, 0.15) is 0 Å². The number of hydrogen-bond acceptors (Lipinski definition) is 3. The largest absolute Gasteiger partial charge is 0.381 e. The van der Waals surface area contributed by atoms with E-state index in [9.17, 15) is 4.79 Å². The molecule has 2 heterocycles. The molecule has 1 N–H and O–H groups in total. The zero-order valence-electron chi connectivity index (χ0n) is 13.1. The maximum absolute atomic E-state index is 12.3. The van der Waals surface area contributed by atoms with Crippen LogP contribution in [0.2, 0.25) is 0 Å². The molecule has 2 aliphatic rings. The molecule has 2 saturated heterocycles. The minimum Gasteiger partial charge on any atom is -0.381 e. The smallest absolute Gasteiger partial charge is 0.222 e. The minimum atomic E-state index is 0.350. The third kappa shape index (κ3) is 4.19. The third-order valence-corrected chi connectivity index (χ3v) is 4.95. The average Bonchev–Trinajstić information content (AvgIpc) is 2.92. The molecule has 116 valence electrons. The first kappa shape index (κ1) is 15.8. The molecule has 2 rings (SSSR count). The summed E-state index contributed by atoms with van der Waals surface area (Å²) in [5.74, 6) is 1.65. The van der Waals surface area contributed by atoms with Crippen LogP contribution in [0.4, 0.5) is 0 Å². The topological polar surface area (TPSA) is 41.6 Å². The lowest BCUT2D eigenvalue weighted by atomic mass is 9.96. The molecule has 4 heteroatoms. The number of carbonyl (C=O) groups is 1. The highest BCUT2D eigenvalue weighted by atomic mass is 16.5. The predicted molar refractivity (Wildman–Crippen MR) is 80.6 cm³/mol. The van der Waals surface area contributed by atoms with Gasteiger partial charge in [-0.15, -0.1) is 0 Å². The van der Waals surface area contributed by atoms with Crippen LogP contribution in [0.3, 0.4) is 0 Å². The molecular weight excluding hydrogens is 252 g/mol. The molecule has 0 saturated carbocycles. The van der Waals surface area contributed by atoms with Crippen LogP contribution in [0.1, 0.15) is 45.4 Å². The lowest BCUT2D eigenvalue weighted by Crippen LogP contribution is -2.46. The van der Waals surface area contributed by atoms with Crippen LogP contribution in [-0.2, 0) is 9.53 Å². The van der Waals surface area contributed by atoms with Crippen molar-refractivity contribution in [2.75, 3.05) is 33.4 Å². The van der Waals surface area contributed by atoms with Crippen molar-refractivity contribution in [3.8, 4) is 0 Å². The monoisotopic (exact) mass is 282 g/mol. The van der Waals surface area contributed by atoms with E-state index in [1.54, 1.807) is 0 Å². The van der Waals surface area contributed by atoms with E-state index in [4.69, 9.17) is 4.74 Å². The van der Waals surface area contributed by atoms with E-state index < -0.39 is 0 Å². The molecular formula is C16H30N2O2. The summed E-state index contributed by atoms with van der Waals surface area (Å²) in [7, 11) is 2.01. The van der Waals surface area contributed by atoms with Gasteiger partial charge in [0.05, 0.1) is 6.61 Å². The molecule has 0 bridgehead atoms. The molecule has 3 atom stereocenters. The maximum Gasteiger partial charge on any atom is 0.222 e. The van der Waals surface area contributed by atoms with E-state index in [1.165, 1.54) is 19.3 Å². The molecule has 2 aliphatic heterocycles. The van der Waals surface area contributed by atoms with E-state index in [0.717, 1.165) is 51.5 Å². The number of carbonyl (C=O) groups excluding carboxylic acids is 1. The first-order valence-corrected chi connectivity index (χ1v) is 8.27. The zero-order chi connectivity index (χ0) is 14.4. The van der Waals surface area contributed by atoms with Gasteiger partial charge in [0.25, 0.3) is 0 Å². The van der Waals surface area contributed by atoms with Crippen LogP contribution in [0.5, 0.6) is 0 Å². The van der Waals surface area contributed by atoms with Crippen LogP contribution >= 0.6 is 0 Å². The second-order valence-corrected chi connectivity index (χ2v) is 6.34. The van der Waals surface area contributed by atoms with Crippen molar-refractivity contribution in [2.45, 2.75) is 51.5 Å². The highest BCUT2D eigenvalue weighted by molar-refractivity contribution is 5.76. The fourth-order valence-electron chi connectivity index (χ4n) is 3.57. The molecule has 0 spiro atoms. The van der Waals surface area contributed by atoms with Crippen LogP contribution in [0.25, 0.3) is 0 Å². The van der Waals surface area contributed by atoms with Crippen LogP contribution in [0, 0.1) is 11.8 Å². The Labute approximate surface area is 123 Å².